The van der Waals surface area contributed by atoms with Crippen molar-refractivity contribution in [1.29, 1.82) is 0 Å². The first kappa shape index (κ1) is 46.7. The molecule has 11 heteroatoms. The SMILES string of the molecule is CC(C)(C)[Si](C)(C)O[C@H]1C[C@H](O[Si](C)(C)C(C)(C)C)[C@@H](O)CC1=O.C[C@@H](/C=C\C(=O)CO[Si](C)(C)C(C)(C)C)O[Si](C)(C)C(C)(C)C. The fraction of sp³-hybridized carbons (Fsp3) is 0.889. The molecule has 0 aromatic carbocycles. The fourth-order valence-electron chi connectivity index (χ4n) is 3.74. The number of aliphatic hydroxyl groups is 1. The predicted octanol–water partition coefficient (Wildman–Crippen LogP) is 10.0. The van der Waals surface area contributed by atoms with Gasteiger partial charge in [-0.25, -0.2) is 0 Å². The van der Waals surface area contributed by atoms with Crippen molar-refractivity contribution in [3.8, 4) is 0 Å². The summed E-state index contributed by atoms with van der Waals surface area (Å²) in [5.74, 6) is 0.0305. The lowest BCUT2D eigenvalue weighted by molar-refractivity contribution is -0.138. The van der Waals surface area contributed by atoms with Gasteiger partial charge in [-0.15, -0.1) is 0 Å². The van der Waals surface area contributed by atoms with Gasteiger partial charge in [0.2, 0.25) is 0 Å². The van der Waals surface area contributed by atoms with Crippen LogP contribution >= 0.6 is 0 Å². The van der Waals surface area contributed by atoms with E-state index < -0.39 is 45.5 Å². The number of hydrogen-bond acceptors (Lipinski definition) is 7. The van der Waals surface area contributed by atoms with Crippen molar-refractivity contribution in [1.82, 2.24) is 0 Å². The molecule has 47 heavy (non-hydrogen) atoms. The molecule has 0 unspecified atom stereocenters. The quantitative estimate of drug-likeness (QED) is 0.167. The number of hydrogen-bond donors (Lipinski definition) is 1. The van der Waals surface area contributed by atoms with Gasteiger partial charge in [-0.3, -0.25) is 9.59 Å². The molecule has 1 aliphatic rings. The highest BCUT2D eigenvalue weighted by Crippen LogP contribution is 2.42. The fourth-order valence-corrected chi connectivity index (χ4v) is 8.69. The molecule has 0 spiro atoms. The zero-order valence-electron chi connectivity index (χ0n) is 34.5. The van der Waals surface area contributed by atoms with E-state index in [0.29, 0.717) is 6.42 Å². The highest BCUT2D eigenvalue weighted by atomic mass is 28.4. The molecule has 1 saturated carbocycles. The van der Waals surface area contributed by atoms with Gasteiger partial charge < -0.3 is 22.8 Å². The molecule has 0 bridgehead atoms. The smallest absolute Gasteiger partial charge is 0.193 e. The minimum atomic E-state index is -2.03. The third kappa shape index (κ3) is 14.5. The number of rotatable bonds is 11. The van der Waals surface area contributed by atoms with Gasteiger partial charge in [0.1, 0.15) is 6.10 Å². The molecule has 0 amide bonds. The number of Topliss-reactive ketones (excluding diaryl/α,β-unsaturated/α-hetero) is 1. The Balaban J connectivity index is 0.000000902. The van der Waals surface area contributed by atoms with Crippen LogP contribution in [0.4, 0.5) is 0 Å². The van der Waals surface area contributed by atoms with Crippen LogP contribution in [0.1, 0.15) is 103 Å². The zero-order valence-corrected chi connectivity index (χ0v) is 38.5. The molecule has 1 rings (SSSR count). The lowest BCUT2D eigenvalue weighted by Crippen LogP contribution is -2.54. The van der Waals surface area contributed by atoms with E-state index in [1.165, 1.54) is 0 Å². The van der Waals surface area contributed by atoms with Crippen molar-refractivity contribution in [2.24, 2.45) is 0 Å². The summed E-state index contributed by atoms with van der Waals surface area (Å²) in [5, 5.41) is 10.8. The summed E-state index contributed by atoms with van der Waals surface area (Å²) >= 11 is 0. The summed E-state index contributed by atoms with van der Waals surface area (Å²) in [6.45, 7) is 45.9. The summed E-state index contributed by atoms with van der Waals surface area (Å²) in [7, 11) is -7.69. The lowest BCUT2D eigenvalue weighted by Gasteiger charge is -2.45. The number of carbonyl (C=O) groups is 2. The van der Waals surface area contributed by atoms with Crippen molar-refractivity contribution in [3.05, 3.63) is 12.2 Å². The van der Waals surface area contributed by atoms with Crippen LogP contribution in [-0.4, -0.2) is 81.0 Å². The Hall–Kier alpha value is -0.252. The van der Waals surface area contributed by atoms with Crippen LogP contribution in [0.2, 0.25) is 72.5 Å². The van der Waals surface area contributed by atoms with Crippen LogP contribution in [0.15, 0.2) is 12.2 Å². The van der Waals surface area contributed by atoms with E-state index in [1.807, 2.05) is 13.0 Å². The van der Waals surface area contributed by atoms with Gasteiger partial charge in [-0.2, -0.15) is 0 Å². The van der Waals surface area contributed by atoms with Crippen LogP contribution in [0.25, 0.3) is 0 Å². The summed E-state index contributed by atoms with van der Waals surface area (Å²) in [6.07, 6.45) is 2.57. The van der Waals surface area contributed by atoms with E-state index in [2.05, 4.69) is 135 Å². The molecule has 7 nitrogen and oxygen atoms in total. The van der Waals surface area contributed by atoms with E-state index in [-0.39, 0.29) is 57.0 Å². The number of ketones is 2. The highest BCUT2D eigenvalue weighted by Gasteiger charge is 2.47. The van der Waals surface area contributed by atoms with E-state index in [1.54, 1.807) is 6.08 Å². The normalized spacial score (nSPS) is 21.8. The minimum absolute atomic E-state index is 0.0144. The predicted molar refractivity (Wildman–Crippen MR) is 209 cm³/mol. The Kier molecular flexibility index (Phi) is 16.3. The summed E-state index contributed by atoms with van der Waals surface area (Å²) in [4.78, 5) is 24.5. The largest absolute Gasteiger partial charge is 0.411 e. The van der Waals surface area contributed by atoms with Crippen molar-refractivity contribution in [3.63, 3.8) is 0 Å². The maximum Gasteiger partial charge on any atom is 0.193 e. The Labute approximate surface area is 294 Å². The maximum absolute atomic E-state index is 12.4. The monoisotopic (exact) mass is 732 g/mol. The number of aliphatic hydroxyl groups excluding tert-OH is 1. The molecular weight excluding hydrogens is 657 g/mol. The second-order valence-electron chi connectivity index (χ2n) is 19.7. The molecular formula is C36H76O7Si4. The second kappa shape index (κ2) is 16.4. The van der Waals surface area contributed by atoms with Gasteiger partial charge in [0, 0.05) is 12.8 Å². The molecule has 278 valence electrons. The summed E-state index contributed by atoms with van der Waals surface area (Å²) in [6, 6.07) is 0. The maximum atomic E-state index is 12.4. The van der Waals surface area contributed by atoms with Gasteiger partial charge in [-0.05, 0) is 85.5 Å². The van der Waals surface area contributed by atoms with Gasteiger partial charge in [-0.1, -0.05) is 89.2 Å². The first-order valence-electron chi connectivity index (χ1n) is 17.6. The van der Waals surface area contributed by atoms with E-state index in [0.717, 1.165) is 0 Å². The van der Waals surface area contributed by atoms with Crippen LogP contribution in [0, 0.1) is 0 Å². The molecule has 0 aromatic rings. The van der Waals surface area contributed by atoms with Crippen molar-refractivity contribution in [2.75, 3.05) is 6.61 Å². The molecule has 4 atom stereocenters. The molecule has 1 fully saturated rings. The Morgan fingerprint density at radius 1 is 0.745 bits per heavy atom. The average Bonchev–Trinajstić information content (AvgIpc) is 2.81. The number of carbonyl (C=O) groups excluding carboxylic acids is 2. The lowest BCUT2D eigenvalue weighted by atomic mass is 9.91. The molecule has 1 N–H and O–H groups in total. The third-order valence-corrected chi connectivity index (χ3v) is 29.4. The van der Waals surface area contributed by atoms with Crippen molar-refractivity contribution in [2.45, 2.75) is 200 Å². The van der Waals surface area contributed by atoms with E-state index in [4.69, 9.17) is 17.7 Å². The van der Waals surface area contributed by atoms with Gasteiger partial charge in [0.15, 0.2) is 44.8 Å². The second-order valence-corrected chi connectivity index (χ2v) is 38.8. The Morgan fingerprint density at radius 3 is 1.55 bits per heavy atom. The van der Waals surface area contributed by atoms with Gasteiger partial charge in [0.25, 0.3) is 0 Å². The van der Waals surface area contributed by atoms with Crippen LogP contribution in [0.5, 0.6) is 0 Å². The Morgan fingerprint density at radius 2 is 1.15 bits per heavy atom. The first-order chi connectivity index (χ1) is 20.5. The zero-order chi connectivity index (χ0) is 37.8. The molecule has 1 aliphatic carbocycles. The molecule has 0 saturated heterocycles. The standard InChI is InChI=1S/C18H38O4Si2.C18H38O3Si2/c1-17(2,3)23(7,8)21-15-12-16(14(20)11-13(15)19)22-24(9,10)18(4,5)6;1-15(21-23(10,11)18(5,6)7)12-13-16(19)14-20-22(8,9)17(2,3)4/h13,15-16,19H,11-12H2,1-10H3;12-13,15H,14H2,1-11H3/b;13-12-/t13-,15-,16-;15-/m00/s1. The summed E-state index contributed by atoms with van der Waals surface area (Å²) < 4.78 is 24.9. The highest BCUT2D eigenvalue weighted by molar-refractivity contribution is 6.75. The summed E-state index contributed by atoms with van der Waals surface area (Å²) in [5.41, 5.74) is 0. The van der Waals surface area contributed by atoms with Crippen molar-refractivity contribution >= 4 is 44.8 Å². The van der Waals surface area contributed by atoms with Gasteiger partial charge >= 0.3 is 0 Å². The molecule has 0 heterocycles. The molecule has 0 aromatic heterocycles. The molecule has 0 radical (unpaired) electrons. The average molecular weight is 733 g/mol. The minimum Gasteiger partial charge on any atom is -0.411 e. The van der Waals surface area contributed by atoms with Gasteiger partial charge in [0.05, 0.1) is 24.9 Å². The first-order valence-corrected chi connectivity index (χ1v) is 29.2. The van der Waals surface area contributed by atoms with Crippen LogP contribution < -0.4 is 0 Å². The molecule has 0 aliphatic heterocycles. The van der Waals surface area contributed by atoms with E-state index in [9.17, 15) is 14.7 Å². The van der Waals surface area contributed by atoms with Crippen molar-refractivity contribution < 1.29 is 32.4 Å². The Bertz CT molecular complexity index is 1060. The topological polar surface area (TPSA) is 91.3 Å². The van der Waals surface area contributed by atoms with Crippen LogP contribution in [-0.2, 0) is 27.3 Å². The third-order valence-electron chi connectivity index (χ3n) is 11.4. The van der Waals surface area contributed by atoms with Crippen LogP contribution in [0.3, 0.4) is 0 Å². The van der Waals surface area contributed by atoms with E-state index >= 15 is 0 Å².